The fraction of sp³-hybridized carbons (Fsp3) is 0.0667. The van der Waals surface area contributed by atoms with Crippen LogP contribution >= 0.6 is 0 Å². The Morgan fingerprint density at radius 1 is 1.21 bits per heavy atom. The van der Waals surface area contributed by atoms with E-state index >= 15 is 0 Å². The number of aromatic nitrogens is 2. The summed E-state index contributed by atoms with van der Waals surface area (Å²) in [6.45, 7) is 0.627. The van der Waals surface area contributed by atoms with E-state index < -0.39 is 0 Å². The summed E-state index contributed by atoms with van der Waals surface area (Å²) in [5.41, 5.74) is 9.24. The fourth-order valence-corrected chi connectivity index (χ4v) is 2.13. The number of nitrogen functional groups attached to an aromatic ring is 1. The van der Waals surface area contributed by atoms with Crippen molar-refractivity contribution in [2.75, 3.05) is 5.73 Å². The van der Waals surface area contributed by atoms with Crippen LogP contribution in [0.4, 0.5) is 5.69 Å². The largest absolute Gasteiger partial charge is 0.399 e. The zero-order chi connectivity index (χ0) is 13.2. The minimum absolute atomic E-state index is 0.627. The van der Waals surface area contributed by atoms with Gasteiger partial charge in [0.25, 0.3) is 0 Å². The molecule has 0 amide bonds. The molecule has 3 aromatic rings. The van der Waals surface area contributed by atoms with Crippen LogP contribution in [0, 0.1) is 11.3 Å². The Morgan fingerprint density at radius 2 is 2.11 bits per heavy atom. The van der Waals surface area contributed by atoms with Gasteiger partial charge in [-0.3, -0.25) is 4.68 Å². The smallest absolute Gasteiger partial charge is 0.0991 e. The number of anilines is 1. The first-order chi connectivity index (χ1) is 9.26. The summed E-state index contributed by atoms with van der Waals surface area (Å²) >= 11 is 0. The van der Waals surface area contributed by atoms with Crippen LogP contribution in [-0.4, -0.2) is 9.78 Å². The second kappa shape index (κ2) is 4.46. The molecule has 3 rings (SSSR count). The highest BCUT2D eigenvalue weighted by Gasteiger charge is 2.04. The van der Waals surface area contributed by atoms with Crippen LogP contribution in [0.15, 0.2) is 48.7 Å². The Balaban J connectivity index is 2.01. The predicted octanol–water partition coefficient (Wildman–Crippen LogP) is 2.54. The summed E-state index contributed by atoms with van der Waals surface area (Å²) in [4.78, 5) is 0. The molecule has 0 fully saturated rings. The third-order valence-corrected chi connectivity index (χ3v) is 3.06. The van der Waals surface area contributed by atoms with Gasteiger partial charge in [-0.15, -0.1) is 0 Å². The Labute approximate surface area is 110 Å². The van der Waals surface area contributed by atoms with E-state index in [-0.39, 0.29) is 0 Å². The number of nitriles is 1. The van der Waals surface area contributed by atoms with E-state index in [9.17, 15) is 0 Å². The second-order valence-electron chi connectivity index (χ2n) is 4.43. The van der Waals surface area contributed by atoms with Gasteiger partial charge in [-0.25, -0.2) is 0 Å². The average molecular weight is 248 g/mol. The number of nitrogens with two attached hydrogens (primary N) is 1. The quantitative estimate of drug-likeness (QED) is 0.708. The maximum Gasteiger partial charge on any atom is 0.0991 e. The Kier molecular flexibility index (Phi) is 2.66. The lowest BCUT2D eigenvalue weighted by Gasteiger charge is -2.05. The lowest BCUT2D eigenvalue weighted by Crippen LogP contribution is -2.01. The molecule has 0 radical (unpaired) electrons. The van der Waals surface area contributed by atoms with Crippen LogP contribution in [0.1, 0.15) is 11.1 Å². The van der Waals surface area contributed by atoms with Crippen LogP contribution < -0.4 is 5.73 Å². The molecule has 0 saturated carbocycles. The zero-order valence-corrected chi connectivity index (χ0v) is 10.2. The van der Waals surface area contributed by atoms with Crippen LogP contribution in [0.5, 0.6) is 0 Å². The third-order valence-electron chi connectivity index (χ3n) is 3.06. The number of benzene rings is 2. The number of hydrogen-bond donors (Lipinski definition) is 1. The molecular weight excluding hydrogens is 236 g/mol. The Morgan fingerprint density at radius 3 is 2.95 bits per heavy atom. The normalized spacial score (nSPS) is 10.5. The molecule has 0 aliphatic carbocycles. The standard InChI is InChI=1S/C15H12N4/c16-8-11-2-1-3-12(6-11)10-19-15-7-14(17)5-4-13(15)9-18-19/h1-7,9H,10,17H2. The highest BCUT2D eigenvalue weighted by Crippen LogP contribution is 2.18. The van der Waals surface area contributed by atoms with E-state index in [1.807, 2.05) is 47.3 Å². The maximum atomic E-state index is 8.91. The highest BCUT2D eigenvalue weighted by molar-refractivity contribution is 5.81. The van der Waals surface area contributed by atoms with E-state index in [1.54, 1.807) is 6.07 Å². The van der Waals surface area contributed by atoms with Crippen LogP contribution in [0.2, 0.25) is 0 Å². The first kappa shape index (κ1) is 11.3. The fourth-order valence-electron chi connectivity index (χ4n) is 2.13. The molecule has 92 valence electrons. The van der Waals surface area contributed by atoms with Crippen LogP contribution in [0.25, 0.3) is 10.9 Å². The predicted molar refractivity (Wildman–Crippen MR) is 74.4 cm³/mol. The van der Waals surface area contributed by atoms with Crippen molar-refractivity contribution in [2.45, 2.75) is 6.54 Å². The van der Waals surface area contributed by atoms with Gasteiger partial charge < -0.3 is 5.73 Å². The number of fused-ring (bicyclic) bond motifs is 1. The molecular formula is C15H12N4. The van der Waals surface area contributed by atoms with Crippen molar-refractivity contribution in [3.63, 3.8) is 0 Å². The summed E-state index contributed by atoms with van der Waals surface area (Å²) in [5, 5.41) is 14.3. The summed E-state index contributed by atoms with van der Waals surface area (Å²) in [6, 6.07) is 15.4. The SMILES string of the molecule is N#Cc1cccc(Cn2ncc3ccc(N)cc32)c1. The molecule has 0 atom stereocenters. The first-order valence-electron chi connectivity index (χ1n) is 5.96. The molecule has 1 heterocycles. The van der Waals surface area contributed by atoms with Gasteiger partial charge in [-0.2, -0.15) is 10.4 Å². The number of nitrogens with zero attached hydrogens (tertiary/aromatic N) is 3. The van der Waals surface area contributed by atoms with Gasteiger partial charge in [0.2, 0.25) is 0 Å². The Bertz CT molecular complexity index is 780. The molecule has 0 bridgehead atoms. The third kappa shape index (κ3) is 2.14. The van der Waals surface area contributed by atoms with Crippen molar-refractivity contribution in [3.05, 3.63) is 59.8 Å². The molecule has 2 aromatic carbocycles. The second-order valence-corrected chi connectivity index (χ2v) is 4.43. The molecule has 0 spiro atoms. The monoisotopic (exact) mass is 248 g/mol. The minimum Gasteiger partial charge on any atom is -0.399 e. The molecule has 4 nitrogen and oxygen atoms in total. The van der Waals surface area contributed by atoms with Crippen LogP contribution in [-0.2, 0) is 6.54 Å². The van der Waals surface area contributed by atoms with Gasteiger partial charge in [0.15, 0.2) is 0 Å². The molecule has 4 heteroatoms. The average Bonchev–Trinajstić information content (AvgIpc) is 2.81. The molecule has 0 aliphatic heterocycles. The van der Waals surface area contributed by atoms with Gasteiger partial charge in [0, 0.05) is 11.1 Å². The van der Waals surface area contributed by atoms with Crippen molar-refractivity contribution in [1.29, 1.82) is 5.26 Å². The van der Waals surface area contributed by atoms with E-state index in [2.05, 4.69) is 11.2 Å². The molecule has 1 aromatic heterocycles. The van der Waals surface area contributed by atoms with E-state index in [1.165, 1.54) is 0 Å². The van der Waals surface area contributed by atoms with Crippen molar-refractivity contribution >= 4 is 16.6 Å². The zero-order valence-electron chi connectivity index (χ0n) is 10.2. The van der Waals surface area contributed by atoms with Crippen LogP contribution in [0.3, 0.4) is 0 Å². The van der Waals surface area contributed by atoms with Crippen molar-refractivity contribution in [1.82, 2.24) is 9.78 Å². The van der Waals surface area contributed by atoms with E-state index in [0.29, 0.717) is 12.1 Å². The topological polar surface area (TPSA) is 67.6 Å². The molecule has 19 heavy (non-hydrogen) atoms. The van der Waals surface area contributed by atoms with E-state index in [4.69, 9.17) is 11.0 Å². The summed E-state index contributed by atoms with van der Waals surface area (Å²) in [5.74, 6) is 0. The van der Waals surface area contributed by atoms with E-state index in [0.717, 1.165) is 22.2 Å². The summed E-state index contributed by atoms with van der Waals surface area (Å²) < 4.78 is 1.89. The minimum atomic E-state index is 0.627. The molecule has 2 N–H and O–H groups in total. The van der Waals surface area contributed by atoms with Gasteiger partial charge in [0.05, 0.1) is 29.9 Å². The van der Waals surface area contributed by atoms with Gasteiger partial charge >= 0.3 is 0 Å². The van der Waals surface area contributed by atoms with Crippen molar-refractivity contribution in [2.24, 2.45) is 0 Å². The maximum absolute atomic E-state index is 8.91. The molecule has 0 aliphatic rings. The first-order valence-corrected chi connectivity index (χ1v) is 5.96. The summed E-state index contributed by atoms with van der Waals surface area (Å²) in [6.07, 6.45) is 1.82. The van der Waals surface area contributed by atoms with Crippen molar-refractivity contribution in [3.8, 4) is 6.07 Å². The number of rotatable bonds is 2. The molecule has 0 saturated heterocycles. The van der Waals surface area contributed by atoms with Gasteiger partial charge in [-0.05, 0) is 35.9 Å². The molecule has 0 unspecified atom stereocenters. The van der Waals surface area contributed by atoms with Gasteiger partial charge in [0.1, 0.15) is 0 Å². The highest BCUT2D eigenvalue weighted by atomic mass is 15.3. The lowest BCUT2D eigenvalue weighted by molar-refractivity contribution is 0.712. The number of hydrogen-bond acceptors (Lipinski definition) is 3. The lowest BCUT2D eigenvalue weighted by atomic mass is 10.1. The summed E-state index contributed by atoms with van der Waals surface area (Å²) in [7, 11) is 0. The van der Waals surface area contributed by atoms with Crippen molar-refractivity contribution < 1.29 is 0 Å². The Hall–Kier alpha value is -2.80. The van der Waals surface area contributed by atoms with Gasteiger partial charge in [-0.1, -0.05) is 12.1 Å².